The molecule has 0 saturated carbocycles. The summed E-state index contributed by atoms with van der Waals surface area (Å²) >= 11 is 0. The highest BCUT2D eigenvalue weighted by molar-refractivity contribution is 6.00. The van der Waals surface area contributed by atoms with Gasteiger partial charge in [0, 0.05) is 17.7 Å². The van der Waals surface area contributed by atoms with Crippen LogP contribution in [-0.2, 0) is 6.42 Å². The lowest BCUT2D eigenvalue weighted by Gasteiger charge is -2.27. The third-order valence-corrected chi connectivity index (χ3v) is 6.58. The Morgan fingerprint density at radius 3 is 2.51 bits per heavy atom. The number of methoxy groups -OCH3 is 1. The van der Waals surface area contributed by atoms with Gasteiger partial charge in [-0.2, -0.15) is 5.10 Å². The van der Waals surface area contributed by atoms with E-state index in [1.54, 1.807) is 19.2 Å². The average molecular weight is 498 g/mol. The minimum atomic E-state index is -0.410. The number of para-hydroxylation sites is 1. The lowest BCUT2D eigenvalue weighted by Crippen LogP contribution is -2.31. The zero-order valence-corrected chi connectivity index (χ0v) is 21.3. The molecule has 1 atom stereocenters. The SMILES string of the molecule is COc1cc(C2c3c(-c4ccccc4O)n[nH]c3C(=O)N2CCc2ccccc2)ccc1OCC(C)C. The number of carbonyl (C=O) groups is 1. The van der Waals surface area contributed by atoms with Crippen LogP contribution >= 0.6 is 0 Å². The number of nitrogens with zero attached hydrogens (tertiary/aromatic N) is 2. The number of nitrogens with one attached hydrogen (secondary N) is 1. The van der Waals surface area contributed by atoms with Crippen LogP contribution < -0.4 is 9.47 Å². The van der Waals surface area contributed by atoms with Crippen LogP contribution in [0.3, 0.4) is 0 Å². The van der Waals surface area contributed by atoms with Crippen molar-refractivity contribution >= 4 is 5.91 Å². The van der Waals surface area contributed by atoms with E-state index in [0.29, 0.717) is 53.9 Å². The molecule has 2 heterocycles. The van der Waals surface area contributed by atoms with Crippen molar-refractivity contribution in [2.45, 2.75) is 26.3 Å². The Kier molecular flexibility index (Phi) is 6.86. The fraction of sp³-hybridized carbons (Fsp3) is 0.267. The number of benzene rings is 3. The Balaban J connectivity index is 1.58. The monoisotopic (exact) mass is 497 g/mol. The summed E-state index contributed by atoms with van der Waals surface area (Å²) < 4.78 is 11.6. The first kappa shape index (κ1) is 24.4. The molecule has 0 aliphatic carbocycles. The number of phenols is 1. The van der Waals surface area contributed by atoms with Gasteiger partial charge in [0.25, 0.3) is 5.91 Å². The topological polar surface area (TPSA) is 87.7 Å². The first-order valence-electron chi connectivity index (χ1n) is 12.5. The van der Waals surface area contributed by atoms with Crippen LogP contribution in [0.2, 0.25) is 0 Å². The maximum Gasteiger partial charge on any atom is 0.273 e. The summed E-state index contributed by atoms with van der Waals surface area (Å²) in [5, 5.41) is 18.0. The van der Waals surface area contributed by atoms with Gasteiger partial charge in [-0.15, -0.1) is 0 Å². The van der Waals surface area contributed by atoms with Crippen LogP contribution in [-0.4, -0.2) is 46.4 Å². The van der Waals surface area contributed by atoms with Gasteiger partial charge in [-0.05, 0) is 47.7 Å². The van der Waals surface area contributed by atoms with E-state index in [9.17, 15) is 9.90 Å². The number of H-pyrrole nitrogens is 1. The molecule has 0 saturated heterocycles. The first-order chi connectivity index (χ1) is 18.0. The second-order valence-corrected chi connectivity index (χ2v) is 9.63. The summed E-state index contributed by atoms with van der Waals surface area (Å²) in [5.41, 5.74) is 4.36. The fourth-order valence-electron chi connectivity index (χ4n) is 4.78. The van der Waals surface area contributed by atoms with E-state index in [-0.39, 0.29) is 11.7 Å². The van der Waals surface area contributed by atoms with Gasteiger partial charge in [-0.3, -0.25) is 9.89 Å². The highest BCUT2D eigenvalue weighted by Crippen LogP contribution is 2.45. The number of carbonyl (C=O) groups excluding carboxylic acids is 1. The Labute approximate surface area is 216 Å². The summed E-state index contributed by atoms with van der Waals surface area (Å²) in [6, 6.07) is 22.6. The van der Waals surface area contributed by atoms with Gasteiger partial charge in [0.15, 0.2) is 11.5 Å². The first-order valence-corrected chi connectivity index (χ1v) is 12.5. The highest BCUT2D eigenvalue weighted by atomic mass is 16.5. The van der Waals surface area contributed by atoms with E-state index in [1.165, 1.54) is 0 Å². The van der Waals surface area contributed by atoms with Crippen LogP contribution in [0.25, 0.3) is 11.3 Å². The summed E-state index contributed by atoms with van der Waals surface area (Å²) in [6.07, 6.45) is 0.708. The molecule has 2 N–H and O–H groups in total. The lowest BCUT2D eigenvalue weighted by molar-refractivity contribution is 0.0745. The van der Waals surface area contributed by atoms with Crippen molar-refractivity contribution in [1.29, 1.82) is 0 Å². The number of rotatable bonds is 9. The number of aromatic nitrogens is 2. The van der Waals surface area contributed by atoms with Gasteiger partial charge < -0.3 is 19.5 Å². The number of amides is 1. The number of fused-ring (bicyclic) bond motifs is 1. The van der Waals surface area contributed by atoms with Gasteiger partial charge in [0.05, 0.1) is 19.8 Å². The molecule has 1 aliphatic rings. The normalized spacial score (nSPS) is 14.8. The predicted molar refractivity (Wildman–Crippen MR) is 142 cm³/mol. The highest BCUT2D eigenvalue weighted by Gasteiger charge is 2.42. The van der Waals surface area contributed by atoms with E-state index in [2.05, 4.69) is 36.2 Å². The molecule has 1 aromatic heterocycles. The molecule has 190 valence electrons. The number of hydrogen-bond donors (Lipinski definition) is 2. The third kappa shape index (κ3) is 4.77. The minimum Gasteiger partial charge on any atom is -0.507 e. The second kappa shape index (κ2) is 10.4. The van der Waals surface area contributed by atoms with E-state index < -0.39 is 6.04 Å². The number of phenolic OH excluding ortho intramolecular Hbond substituents is 1. The fourth-order valence-corrected chi connectivity index (χ4v) is 4.78. The van der Waals surface area contributed by atoms with Crippen molar-refractivity contribution < 1.29 is 19.4 Å². The second-order valence-electron chi connectivity index (χ2n) is 9.63. The van der Waals surface area contributed by atoms with E-state index in [0.717, 1.165) is 16.7 Å². The number of aromatic amines is 1. The Bertz CT molecular complexity index is 1400. The minimum absolute atomic E-state index is 0.112. The number of ether oxygens (including phenoxy) is 2. The van der Waals surface area contributed by atoms with Crippen LogP contribution in [0.4, 0.5) is 0 Å². The summed E-state index contributed by atoms with van der Waals surface area (Å²) in [7, 11) is 1.62. The summed E-state index contributed by atoms with van der Waals surface area (Å²) in [4.78, 5) is 15.5. The van der Waals surface area contributed by atoms with Gasteiger partial charge in [-0.25, -0.2) is 0 Å². The Morgan fingerprint density at radius 1 is 1.03 bits per heavy atom. The molecule has 0 radical (unpaired) electrons. The molecule has 5 rings (SSSR count). The van der Waals surface area contributed by atoms with Crippen molar-refractivity contribution in [3.05, 3.63) is 95.2 Å². The molecule has 1 aliphatic heterocycles. The smallest absolute Gasteiger partial charge is 0.273 e. The van der Waals surface area contributed by atoms with E-state index >= 15 is 0 Å². The molecular formula is C30H31N3O4. The standard InChI is InChI=1S/C30H31N3O4/c1-19(2)18-37-24-14-13-21(17-25(24)36-3)29-26-27(22-11-7-8-12-23(22)34)31-32-28(26)30(35)33(29)16-15-20-9-5-4-6-10-20/h4-14,17,19,29,34H,15-16,18H2,1-3H3,(H,31,32). The molecular weight excluding hydrogens is 466 g/mol. The van der Waals surface area contributed by atoms with Crippen molar-refractivity contribution in [1.82, 2.24) is 15.1 Å². The Morgan fingerprint density at radius 2 is 1.78 bits per heavy atom. The molecule has 4 aromatic rings. The van der Waals surface area contributed by atoms with E-state index in [1.807, 2.05) is 53.4 Å². The summed E-state index contributed by atoms with van der Waals surface area (Å²) in [5.74, 6) is 1.63. The van der Waals surface area contributed by atoms with Crippen LogP contribution in [0.15, 0.2) is 72.8 Å². The van der Waals surface area contributed by atoms with Gasteiger partial charge >= 0.3 is 0 Å². The van der Waals surface area contributed by atoms with Crippen LogP contribution in [0, 0.1) is 5.92 Å². The summed E-state index contributed by atoms with van der Waals surface area (Å²) in [6.45, 7) is 5.28. The van der Waals surface area contributed by atoms with E-state index in [4.69, 9.17) is 9.47 Å². The molecule has 0 fully saturated rings. The molecule has 1 amide bonds. The molecule has 0 bridgehead atoms. The molecule has 7 nitrogen and oxygen atoms in total. The van der Waals surface area contributed by atoms with Crippen LogP contribution in [0.1, 0.15) is 47.1 Å². The average Bonchev–Trinajstić information content (AvgIpc) is 3.45. The third-order valence-electron chi connectivity index (χ3n) is 6.58. The zero-order chi connectivity index (χ0) is 25.9. The molecule has 0 spiro atoms. The predicted octanol–water partition coefficient (Wildman–Crippen LogP) is 5.61. The maximum absolute atomic E-state index is 13.7. The van der Waals surface area contributed by atoms with Gasteiger partial charge in [0.1, 0.15) is 17.1 Å². The van der Waals surface area contributed by atoms with Crippen molar-refractivity contribution in [2.75, 3.05) is 20.3 Å². The largest absolute Gasteiger partial charge is 0.507 e. The molecule has 3 aromatic carbocycles. The Hall–Kier alpha value is -4.26. The maximum atomic E-state index is 13.7. The zero-order valence-electron chi connectivity index (χ0n) is 21.3. The van der Waals surface area contributed by atoms with Crippen molar-refractivity contribution in [3.8, 4) is 28.5 Å². The quantitative estimate of drug-likeness (QED) is 0.314. The molecule has 7 heteroatoms. The number of aromatic hydroxyl groups is 1. The van der Waals surface area contributed by atoms with Gasteiger partial charge in [-0.1, -0.05) is 62.4 Å². The molecule has 37 heavy (non-hydrogen) atoms. The van der Waals surface area contributed by atoms with Crippen molar-refractivity contribution in [3.63, 3.8) is 0 Å². The van der Waals surface area contributed by atoms with Crippen LogP contribution in [0.5, 0.6) is 17.2 Å². The molecule has 1 unspecified atom stereocenters. The lowest BCUT2D eigenvalue weighted by atomic mass is 9.95. The van der Waals surface area contributed by atoms with Crippen molar-refractivity contribution in [2.24, 2.45) is 5.92 Å². The number of hydrogen-bond acceptors (Lipinski definition) is 5. The van der Waals surface area contributed by atoms with Gasteiger partial charge in [0.2, 0.25) is 0 Å².